The summed E-state index contributed by atoms with van der Waals surface area (Å²) in [6.45, 7) is 4.78. The molecule has 184 valence electrons. The van der Waals surface area contributed by atoms with Gasteiger partial charge in [-0.2, -0.15) is 0 Å². The van der Waals surface area contributed by atoms with Gasteiger partial charge < -0.3 is 15.3 Å². The zero-order chi connectivity index (χ0) is 24.3. The molecule has 0 radical (unpaired) electrons. The summed E-state index contributed by atoms with van der Waals surface area (Å²) in [5.74, 6) is 0. The molecule has 0 bridgehead atoms. The van der Waals surface area contributed by atoms with Gasteiger partial charge in [-0.25, -0.2) is 26.9 Å². The Labute approximate surface area is 199 Å². The maximum atomic E-state index is 13.3. The Balaban J connectivity index is 1.66. The van der Waals surface area contributed by atoms with Gasteiger partial charge in [0.1, 0.15) is 11.8 Å². The second-order valence-corrected chi connectivity index (χ2v) is 11.8. The highest BCUT2D eigenvalue weighted by Crippen LogP contribution is 2.38. The first-order valence-electron chi connectivity index (χ1n) is 10.9. The van der Waals surface area contributed by atoms with Crippen LogP contribution in [0.15, 0.2) is 23.4 Å². The lowest BCUT2D eigenvalue weighted by Gasteiger charge is -2.38. The van der Waals surface area contributed by atoms with Crippen molar-refractivity contribution in [3.63, 3.8) is 0 Å². The molecule has 1 aromatic carbocycles. The summed E-state index contributed by atoms with van der Waals surface area (Å²) in [6, 6.07) is 2.92. The van der Waals surface area contributed by atoms with E-state index in [1.165, 1.54) is 17.0 Å². The van der Waals surface area contributed by atoms with Gasteiger partial charge in [0.2, 0.25) is 15.2 Å². The molecule has 1 aliphatic carbocycles. The third-order valence-electron chi connectivity index (χ3n) is 6.14. The largest absolute Gasteiger partial charge is 0.395 e. The van der Waals surface area contributed by atoms with E-state index >= 15 is 0 Å². The van der Waals surface area contributed by atoms with E-state index in [1.807, 2.05) is 18.7 Å². The van der Waals surface area contributed by atoms with Crippen LogP contribution in [-0.2, 0) is 10.0 Å². The summed E-state index contributed by atoms with van der Waals surface area (Å²) in [7, 11) is -3.86. The summed E-state index contributed by atoms with van der Waals surface area (Å²) < 4.78 is 57.0. The highest BCUT2D eigenvalue weighted by atomic mass is 32.2. The topological polar surface area (TPSA) is 125 Å². The average Bonchev–Trinajstić information content (AvgIpc) is 3.18. The molecule has 0 spiro atoms. The van der Waals surface area contributed by atoms with Crippen molar-refractivity contribution >= 4 is 38.1 Å². The van der Waals surface area contributed by atoms with Crippen molar-refractivity contribution in [3.8, 4) is 5.13 Å². The average molecular weight is 514 g/mol. The number of benzene rings is 1. The molecule has 10 nitrogen and oxygen atoms in total. The summed E-state index contributed by atoms with van der Waals surface area (Å²) in [5, 5.41) is 20.2. The van der Waals surface area contributed by atoms with Gasteiger partial charge in [0.15, 0.2) is 5.01 Å². The molecule has 2 aromatic heterocycles. The van der Waals surface area contributed by atoms with Crippen LogP contribution in [0.4, 0.5) is 14.5 Å². The lowest BCUT2D eigenvalue weighted by atomic mass is 10.1. The quantitative estimate of drug-likeness (QED) is 0.437. The molecule has 2 atom stereocenters. The van der Waals surface area contributed by atoms with Crippen LogP contribution in [0.5, 0.6) is 0 Å². The van der Waals surface area contributed by atoms with Gasteiger partial charge in [0.25, 0.3) is 6.43 Å². The van der Waals surface area contributed by atoms with E-state index in [0.717, 1.165) is 24.2 Å². The number of aliphatic hydroxyl groups is 1. The molecular weight excluding hydrogens is 488 g/mol. The van der Waals surface area contributed by atoms with Gasteiger partial charge in [0.05, 0.1) is 22.7 Å². The van der Waals surface area contributed by atoms with Crippen molar-refractivity contribution < 1.29 is 22.3 Å². The SMILES string of the molecule is C[C@H]1CN(c2cc(S(=O)(=O)NC3(C)CC3)cc3c2ncn3-c2nnc(C(F)F)s2)C[C@@H](CO)N1. The highest BCUT2D eigenvalue weighted by molar-refractivity contribution is 7.89. The standard InChI is InChI=1S/C20H25F2N7O3S2/c1-11-7-28(8-12(9-30)24-11)14-5-13(34(31,32)27-20(2)3-4-20)6-15-16(14)23-10-29(15)19-26-25-18(33-19)17(21)22/h5-6,10-12,17,24,27,30H,3-4,7-9H2,1-2H3/t11-,12-/m0/s1. The highest BCUT2D eigenvalue weighted by Gasteiger charge is 2.41. The number of rotatable bonds is 7. The Bertz CT molecular complexity index is 1320. The number of aliphatic hydroxyl groups excluding tert-OH is 1. The van der Waals surface area contributed by atoms with Crippen LogP contribution in [0.25, 0.3) is 16.2 Å². The number of imidazole rings is 1. The second kappa shape index (κ2) is 8.45. The Kier molecular flexibility index (Phi) is 5.83. The fourth-order valence-corrected chi connectivity index (χ4v) is 6.38. The molecule has 3 N–H and O–H groups in total. The molecule has 3 heterocycles. The number of nitrogens with zero attached hydrogens (tertiary/aromatic N) is 5. The summed E-state index contributed by atoms with van der Waals surface area (Å²) in [4.78, 5) is 6.53. The molecule has 3 aromatic rings. The molecule has 0 unspecified atom stereocenters. The van der Waals surface area contributed by atoms with Crippen molar-refractivity contribution in [2.75, 3.05) is 24.6 Å². The van der Waals surface area contributed by atoms with Crippen LogP contribution >= 0.6 is 11.3 Å². The molecular formula is C20H25F2N7O3S2. The number of halogens is 2. The van der Waals surface area contributed by atoms with Gasteiger partial charge in [-0.15, -0.1) is 10.2 Å². The number of sulfonamides is 1. The van der Waals surface area contributed by atoms with Crippen molar-refractivity contribution in [2.24, 2.45) is 0 Å². The smallest absolute Gasteiger partial charge is 0.291 e. The minimum atomic E-state index is -3.86. The maximum Gasteiger partial charge on any atom is 0.291 e. The Morgan fingerprint density at radius 1 is 1.32 bits per heavy atom. The summed E-state index contributed by atoms with van der Waals surface area (Å²) in [6.07, 6.45) is 0.196. The molecule has 34 heavy (non-hydrogen) atoms. The van der Waals surface area contributed by atoms with Crippen LogP contribution in [-0.4, -0.2) is 70.6 Å². The first kappa shape index (κ1) is 23.5. The number of aromatic nitrogens is 4. The monoisotopic (exact) mass is 513 g/mol. The number of piperazine rings is 1. The minimum absolute atomic E-state index is 0.0450. The van der Waals surface area contributed by atoms with E-state index in [0.29, 0.717) is 29.8 Å². The maximum absolute atomic E-state index is 13.3. The number of alkyl halides is 2. The zero-order valence-corrected chi connectivity index (χ0v) is 20.2. The van der Waals surface area contributed by atoms with Gasteiger partial charge in [0, 0.05) is 30.7 Å². The van der Waals surface area contributed by atoms with E-state index in [2.05, 4.69) is 25.2 Å². The van der Waals surface area contributed by atoms with E-state index in [9.17, 15) is 22.3 Å². The van der Waals surface area contributed by atoms with Crippen molar-refractivity contribution in [2.45, 2.75) is 55.6 Å². The van der Waals surface area contributed by atoms with Crippen molar-refractivity contribution in [3.05, 3.63) is 23.5 Å². The first-order valence-corrected chi connectivity index (χ1v) is 13.2. The van der Waals surface area contributed by atoms with Crippen LogP contribution in [0, 0.1) is 0 Å². The van der Waals surface area contributed by atoms with Gasteiger partial charge >= 0.3 is 0 Å². The Hall–Kier alpha value is -2.26. The predicted octanol–water partition coefficient (Wildman–Crippen LogP) is 1.80. The molecule has 0 amide bonds. The molecule has 1 saturated heterocycles. The van der Waals surface area contributed by atoms with Crippen molar-refractivity contribution in [1.82, 2.24) is 29.8 Å². The fraction of sp³-hybridized carbons (Fsp3) is 0.550. The van der Waals surface area contributed by atoms with E-state index in [4.69, 9.17) is 0 Å². The van der Waals surface area contributed by atoms with Crippen LogP contribution in [0.2, 0.25) is 0 Å². The lowest BCUT2D eigenvalue weighted by molar-refractivity contribution is 0.150. The van der Waals surface area contributed by atoms with E-state index < -0.39 is 27.0 Å². The van der Waals surface area contributed by atoms with Gasteiger partial charge in [-0.3, -0.25) is 4.57 Å². The fourth-order valence-electron chi connectivity index (χ4n) is 4.19. The minimum Gasteiger partial charge on any atom is -0.395 e. The number of anilines is 1. The number of hydrogen-bond donors (Lipinski definition) is 3. The molecule has 2 fully saturated rings. The summed E-state index contributed by atoms with van der Waals surface area (Å²) >= 11 is 0.722. The van der Waals surface area contributed by atoms with Crippen LogP contribution in [0.3, 0.4) is 0 Å². The number of hydrogen-bond acceptors (Lipinski definition) is 9. The van der Waals surface area contributed by atoms with Crippen molar-refractivity contribution in [1.29, 1.82) is 0 Å². The second-order valence-electron chi connectivity index (χ2n) is 9.17. The third-order valence-corrected chi connectivity index (χ3v) is 8.68. The Morgan fingerprint density at radius 3 is 2.74 bits per heavy atom. The molecule has 5 rings (SSSR count). The zero-order valence-electron chi connectivity index (χ0n) is 18.6. The number of nitrogens with one attached hydrogen (secondary N) is 2. The lowest BCUT2D eigenvalue weighted by Crippen LogP contribution is -2.57. The van der Waals surface area contributed by atoms with Crippen LogP contribution in [0.1, 0.15) is 38.1 Å². The van der Waals surface area contributed by atoms with E-state index in [-0.39, 0.29) is 28.7 Å². The van der Waals surface area contributed by atoms with Gasteiger partial charge in [-0.1, -0.05) is 11.3 Å². The molecule has 1 saturated carbocycles. The number of fused-ring (bicyclic) bond motifs is 1. The summed E-state index contributed by atoms with van der Waals surface area (Å²) in [5.41, 5.74) is 1.05. The normalized spacial score (nSPS) is 22.6. The molecule has 2 aliphatic rings. The molecule has 14 heteroatoms. The first-order chi connectivity index (χ1) is 16.1. The van der Waals surface area contributed by atoms with Gasteiger partial charge in [-0.05, 0) is 38.8 Å². The third kappa shape index (κ3) is 4.40. The Morgan fingerprint density at radius 2 is 2.09 bits per heavy atom. The van der Waals surface area contributed by atoms with Crippen LogP contribution < -0.4 is 14.9 Å². The predicted molar refractivity (Wildman–Crippen MR) is 123 cm³/mol. The van der Waals surface area contributed by atoms with E-state index in [1.54, 1.807) is 6.07 Å². The molecule has 1 aliphatic heterocycles.